The normalized spacial score (nSPS) is 13.0. The molecule has 3 rings (SSSR count). The molecule has 3 aromatic rings. The molecular formula is C33H37N5O6. The highest BCUT2D eigenvalue weighted by molar-refractivity contribution is 6.38. The smallest absolute Gasteiger partial charge is 0.290 e. The summed E-state index contributed by atoms with van der Waals surface area (Å²) in [6.45, 7) is 4.17. The van der Waals surface area contributed by atoms with Crippen LogP contribution in [0.3, 0.4) is 0 Å². The van der Waals surface area contributed by atoms with Crippen molar-refractivity contribution in [2.45, 2.75) is 57.3 Å². The van der Waals surface area contributed by atoms with Crippen LogP contribution in [0.1, 0.15) is 42.3 Å². The summed E-state index contributed by atoms with van der Waals surface area (Å²) < 4.78 is 0. The Hall–Kier alpha value is -5.32. The highest BCUT2D eigenvalue weighted by Crippen LogP contribution is 2.09. The first kappa shape index (κ1) is 33.2. The Morgan fingerprint density at radius 1 is 0.659 bits per heavy atom. The van der Waals surface area contributed by atoms with Crippen LogP contribution in [0.2, 0.25) is 0 Å². The van der Waals surface area contributed by atoms with E-state index in [2.05, 4.69) is 21.3 Å². The number of hydrogen-bond donors (Lipinski definition) is 5. The maximum absolute atomic E-state index is 13.3. The average Bonchev–Trinajstić information content (AvgIpc) is 3.01. The van der Waals surface area contributed by atoms with Crippen molar-refractivity contribution in [1.82, 2.24) is 21.3 Å². The Bertz CT molecular complexity index is 1480. The molecule has 0 saturated carbocycles. The summed E-state index contributed by atoms with van der Waals surface area (Å²) in [4.78, 5) is 77.2. The molecule has 230 valence electrons. The predicted molar refractivity (Wildman–Crippen MR) is 164 cm³/mol. The summed E-state index contributed by atoms with van der Waals surface area (Å²) in [6, 6.07) is 22.6. The first-order chi connectivity index (χ1) is 20.9. The zero-order chi connectivity index (χ0) is 32.3. The van der Waals surface area contributed by atoms with Gasteiger partial charge in [-0.1, -0.05) is 78.9 Å². The van der Waals surface area contributed by atoms with Gasteiger partial charge in [0.05, 0.1) is 6.04 Å². The van der Waals surface area contributed by atoms with Crippen LogP contribution >= 0.6 is 0 Å². The van der Waals surface area contributed by atoms with Crippen molar-refractivity contribution in [2.24, 2.45) is 5.73 Å². The van der Waals surface area contributed by atoms with Gasteiger partial charge in [-0.25, -0.2) is 0 Å². The van der Waals surface area contributed by atoms with Crippen molar-refractivity contribution in [1.29, 1.82) is 0 Å². The number of benzene rings is 3. The lowest BCUT2D eigenvalue weighted by Crippen LogP contribution is -2.60. The van der Waals surface area contributed by atoms with Crippen LogP contribution in [0.25, 0.3) is 0 Å². The third-order valence-electron chi connectivity index (χ3n) is 6.87. The Balaban J connectivity index is 1.73. The number of Topliss-reactive ketones (excluding diaryl/α,β-unsaturated/α-hetero) is 1. The number of nitrogens with one attached hydrogen (secondary N) is 4. The lowest BCUT2D eigenvalue weighted by atomic mass is 10.0. The van der Waals surface area contributed by atoms with E-state index in [-0.39, 0.29) is 12.8 Å². The third-order valence-corrected chi connectivity index (χ3v) is 6.87. The van der Waals surface area contributed by atoms with Crippen LogP contribution < -0.4 is 27.0 Å². The Kier molecular flexibility index (Phi) is 11.5. The van der Waals surface area contributed by atoms with Gasteiger partial charge in [-0.2, -0.15) is 0 Å². The van der Waals surface area contributed by atoms with E-state index in [0.717, 1.165) is 5.56 Å². The molecule has 0 aliphatic heterocycles. The first-order valence-corrected chi connectivity index (χ1v) is 14.1. The summed E-state index contributed by atoms with van der Waals surface area (Å²) in [7, 11) is 0. The fourth-order valence-corrected chi connectivity index (χ4v) is 4.21. The number of rotatable bonds is 14. The third kappa shape index (κ3) is 9.62. The number of amides is 5. The van der Waals surface area contributed by atoms with Crippen molar-refractivity contribution in [3.63, 3.8) is 0 Å². The van der Waals surface area contributed by atoms with Crippen LogP contribution in [0, 0.1) is 0 Å². The standard InChI is InChI=1S/C33H37N5O6/c1-21(35-29(41)25(19-22-13-7-4-8-14-22)36-28(40)24-17-11-6-12-18-24)27(39)31(43)37-26(20-23-15-9-5-10-16-23)30(42)38-33(2,3)32(34)44/h4-18,21,25-26H,19-20H2,1-3H3,(H2,34,44)(H,35,41)(H,36,40)(H,37,43)(H,38,42)/t21?,25-,26-/m0/s1. The van der Waals surface area contributed by atoms with Crippen molar-refractivity contribution < 1.29 is 28.8 Å². The zero-order valence-electron chi connectivity index (χ0n) is 24.8. The molecule has 3 aromatic carbocycles. The van der Waals surface area contributed by atoms with E-state index in [4.69, 9.17) is 5.73 Å². The molecule has 0 saturated heterocycles. The SMILES string of the molecule is CC(NC(=O)[C@H](Cc1ccccc1)NC(=O)c1ccccc1)C(=O)C(=O)N[C@@H](Cc1ccccc1)C(=O)NC(C)(C)C(N)=O. The van der Waals surface area contributed by atoms with Crippen molar-refractivity contribution >= 4 is 35.3 Å². The largest absolute Gasteiger partial charge is 0.368 e. The van der Waals surface area contributed by atoms with Gasteiger partial charge in [0.1, 0.15) is 17.6 Å². The van der Waals surface area contributed by atoms with Gasteiger partial charge in [0, 0.05) is 18.4 Å². The predicted octanol–water partition coefficient (Wildman–Crippen LogP) is 1.21. The van der Waals surface area contributed by atoms with E-state index in [1.165, 1.54) is 20.8 Å². The number of ketones is 1. The second-order valence-electron chi connectivity index (χ2n) is 10.9. The summed E-state index contributed by atoms with van der Waals surface area (Å²) in [5.74, 6) is -4.78. The molecule has 5 amide bonds. The van der Waals surface area contributed by atoms with Crippen LogP contribution in [0.15, 0.2) is 91.0 Å². The molecule has 0 fully saturated rings. The molecule has 11 heteroatoms. The Morgan fingerprint density at radius 3 is 1.59 bits per heavy atom. The molecule has 0 heterocycles. The maximum atomic E-state index is 13.3. The molecule has 3 atom stereocenters. The highest BCUT2D eigenvalue weighted by Gasteiger charge is 2.34. The van der Waals surface area contributed by atoms with Crippen molar-refractivity contribution in [2.75, 3.05) is 0 Å². The Labute approximate surface area is 256 Å². The lowest BCUT2D eigenvalue weighted by Gasteiger charge is -2.26. The van der Waals surface area contributed by atoms with E-state index in [0.29, 0.717) is 11.1 Å². The van der Waals surface area contributed by atoms with Gasteiger partial charge in [0.15, 0.2) is 0 Å². The quantitative estimate of drug-likeness (QED) is 0.174. The highest BCUT2D eigenvalue weighted by atomic mass is 16.2. The van der Waals surface area contributed by atoms with E-state index >= 15 is 0 Å². The van der Waals surface area contributed by atoms with Crippen molar-refractivity contribution in [3.05, 3.63) is 108 Å². The van der Waals surface area contributed by atoms with Gasteiger partial charge in [-0.05, 0) is 44.0 Å². The van der Waals surface area contributed by atoms with E-state index < -0.39 is 59.0 Å². The minimum Gasteiger partial charge on any atom is -0.368 e. The fraction of sp³-hybridized carbons (Fsp3) is 0.273. The Morgan fingerprint density at radius 2 is 1.11 bits per heavy atom. The molecule has 0 radical (unpaired) electrons. The average molecular weight is 600 g/mol. The van der Waals surface area contributed by atoms with Gasteiger partial charge in [-0.3, -0.25) is 28.8 Å². The molecule has 0 bridgehead atoms. The number of primary amides is 1. The lowest BCUT2D eigenvalue weighted by molar-refractivity contribution is -0.141. The van der Waals surface area contributed by atoms with Gasteiger partial charge in [-0.15, -0.1) is 0 Å². The molecular weight excluding hydrogens is 562 g/mol. The molecule has 44 heavy (non-hydrogen) atoms. The second-order valence-corrected chi connectivity index (χ2v) is 10.9. The van der Waals surface area contributed by atoms with Gasteiger partial charge in [0.2, 0.25) is 23.5 Å². The monoisotopic (exact) mass is 599 g/mol. The molecule has 1 unspecified atom stereocenters. The minimum atomic E-state index is -1.42. The molecule has 0 aromatic heterocycles. The second kappa shape index (κ2) is 15.2. The fourth-order valence-electron chi connectivity index (χ4n) is 4.21. The summed E-state index contributed by atoms with van der Waals surface area (Å²) in [5, 5.41) is 10.2. The van der Waals surface area contributed by atoms with Crippen LogP contribution in [-0.2, 0) is 36.8 Å². The van der Waals surface area contributed by atoms with E-state index in [1.54, 1.807) is 84.9 Å². The minimum absolute atomic E-state index is 0.0198. The zero-order valence-corrected chi connectivity index (χ0v) is 24.8. The van der Waals surface area contributed by atoms with E-state index in [9.17, 15) is 28.8 Å². The molecule has 0 aliphatic carbocycles. The van der Waals surface area contributed by atoms with Gasteiger partial charge in [0.25, 0.3) is 11.8 Å². The molecule has 11 nitrogen and oxygen atoms in total. The molecule has 6 N–H and O–H groups in total. The van der Waals surface area contributed by atoms with Crippen LogP contribution in [0.5, 0.6) is 0 Å². The summed E-state index contributed by atoms with van der Waals surface area (Å²) in [6.07, 6.45) is 0.152. The number of nitrogens with two attached hydrogens (primary N) is 1. The van der Waals surface area contributed by atoms with Crippen LogP contribution in [0.4, 0.5) is 0 Å². The van der Waals surface area contributed by atoms with Crippen molar-refractivity contribution in [3.8, 4) is 0 Å². The topological polar surface area (TPSA) is 177 Å². The summed E-state index contributed by atoms with van der Waals surface area (Å²) >= 11 is 0. The molecule has 0 spiro atoms. The maximum Gasteiger partial charge on any atom is 0.290 e. The summed E-state index contributed by atoms with van der Waals surface area (Å²) in [5.41, 5.74) is 5.78. The van der Waals surface area contributed by atoms with Gasteiger partial charge < -0.3 is 27.0 Å². The van der Waals surface area contributed by atoms with Crippen LogP contribution in [-0.4, -0.2) is 59.0 Å². The van der Waals surface area contributed by atoms with E-state index in [1.807, 2.05) is 6.07 Å². The molecule has 0 aliphatic rings. The number of carbonyl (C=O) groups excluding carboxylic acids is 6. The van der Waals surface area contributed by atoms with Gasteiger partial charge >= 0.3 is 0 Å². The first-order valence-electron chi connectivity index (χ1n) is 14.1. The number of carbonyl (C=O) groups is 6. The number of hydrogen-bond acceptors (Lipinski definition) is 6.